The van der Waals surface area contributed by atoms with Crippen LogP contribution in [0.25, 0.3) is 0 Å². The highest BCUT2D eigenvalue weighted by Crippen LogP contribution is 2.41. The number of rotatable bonds is 3. The summed E-state index contributed by atoms with van der Waals surface area (Å²) >= 11 is 0. The molecule has 4 N–H and O–H groups in total. The fraction of sp³-hybridized carbons (Fsp3) is 0.818. The molecule has 2 saturated carbocycles. The molecule has 5 nitrogen and oxygen atoms in total. The SMILES string of the molecule is CC1(C(=O)NC2(C(=O)O)CC2)CCCC1N. The molecular weight excluding hydrogens is 208 g/mol. The predicted molar refractivity (Wildman–Crippen MR) is 57.7 cm³/mol. The highest BCUT2D eigenvalue weighted by atomic mass is 16.4. The third-order valence-electron chi connectivity index (χ3n) is 4.06. The van der Waals surface area contributed by atoms with Crippen molar-refractivity contribution in [3.05, 3.63) is 0 Å². The summed E-state index contributed by atoms with van der Waals surface area (Å²) in [6.45, 7) is 1.83. The summed E-state index contributed by atoms with van der Waals surface area (Å²) in [5, 5.41) is 11.7. The van der Waals surface area contributed by atoms with Gasteiger partial charge in [0.05, 0.1) is 5.41 Å². The van der Waals surface area contributed by atoms with Gasteiger partial charge in [-0.3, -0.25) is 4.79 Å². The molecule has 0 spiro atoms. The van der Waals surface area contributed by atoms with E-state index in [4.69, 9.17) is 10.8 Å². The number of carboxylic acid groups (broad SMARTS) is 1. The minimum atomic E-state index is -0.998. The van der Waals surface area contributed by atoms with Gasteiger partial charge in [-0.25, -0.2) is 4.79 Å². The zero-order valence-corrected chi connectivity index (χ0v) is 9.45. The molecule has 0 bridgehead atoms. The van der Waals surface area contributed by atoms with Gasteiger partial charge in [-0.2, -0.15) is 0 Å². The molecule has 0 aromatic rings. The molecule has 1 amide bonds. The lowest BCUT2D eigenvalue weighted by Gasteiger charge is -2.29. The molecule has 2 rings (SSSR count). The second-order valence-corrected chi connectivity index (χ2v) is 5.26. The molecule has 2 aliphatic carbocycles. The topological polar surface area (TPSA) is 92.4 Å². The van der Waals surface area contributed by atoms with Crippen molar-refractivity contribution < 1.29 is 14.7 Å². The molecular formula is C11H18N2O3. The van der Waals surface area contributed by atoms with Gasteiger partial charge in [0.2, 0.25) is 5.91 Å². The van der Waals surface area contributed by atoms with E-state index in [9.17, 15) is 9.59 Å². The lowest BCUT2D eigenvalue weighted by atomic mass is 9.84. The fourth-order valence-corrected chi connectivity index (χ4v) is 2.35. The normalized spacial score (nSPS) is 35.8. The van der Waals surface area contributed by atoms with Crippen molar-refractivity contribution in [2.75, 3.05) is 0 Å². The fourth-order valence-electron chi connectivity index (χ4n) is 2.35. The summed E-state index contributed by atoms with van der Waals surface area (Å²) in [4.78, 5) is 23.1. The van der Waals surface area contributed by atoms with Crippen LogP contribution >= 0.6 is 0 Å². The molecule has 0 radical (unpaired) electrons. The zero-order chi connectivity index (χ0) is 12.0. The highest BCUT2D eigenvalue weighted by Gasteiger charge is 2.54. The van der Waals surface area contributed by atoms with Crippen LogP contribution in [0.1, 0.15) is 39.0 Å². The van der Waals surface area contributed by atoms with E-state index in [2.05, 4.69) is 5.32 Å². The number of carboxylic acids is 1. The Bertz CT molecular complexity index is 338. The number of amides is 1. The predicted octanol–water partition coefficient (Wildman–Crippen LogP) is 0.237. The minimum absolute atomic E-state index is 0.155. The Hall–Kier alpha value is -1.10. The Morgan fingerprint density at radius 3 is 2.38 bits per heavy atom. The molecule has 0 saturated heterocycles. The van der Waals surface area contributed by atoms with E-state index in [1.807, 2.05) is 6.92 Å². The van der Waals surface area contributed by atoms with E-state index in [-0.39, 0.29) is 11.9 Å². The van der Waals surface area contributed by atoms with Crippen molar-refractivity contribution in [1.82, 2.24) is 5.32 Å². The Kier molecular flexibility index (Phi) is 2.45. The Morgan fingerprint density at radius 1 is 1.38 bits per heavy atom. The molecule has 0 heterocycles. The molecule has 5 heteroatoms. The summed E-state index contributed by atoms with van der Waals surface area (Å²) in [5.74, 6) is -1.13. The van der Waals surface area contributed by atoms with E-state index in [0.29, 0.717) is 12.8 Å². The summed E-state index contributed by atoms with van der Waals surface area (Å²) < 4.78 is 0. The third-order valence-corrected chi connectivity index (χ3v) is 4.06. The number of aliphatic carboxylic acids is 1. The molecule has 2 fully saturated rings. The first-order chi connectivity index (χ1) is 7.41. The van der Waals surface area contributed by atoms with Gasteiger partial charge in [-0.1, -0.05) is 6.42 Å². The quantitative estimate of drug-likeness (QED) is 0.642. The van der Waals surface area contributed by atoms with Crippen LogP contribution < -0.4 is 11.1 Å². The van der Waals surface area contributed by atoms with Gasteiger partial charge in [0.15, 0.2) is 0 Å². The smallest absolute Gasteiger partial charge is 0.329 e. The summed E-state index contributed by atoms with van der Waals surface area (Å²) in [5.41, 5.74) is 4.33. The first-order valence-electron chi connectivity index (χ1n) is 5.72. The molecule has 0 aliphatic heterocycles. The number of hydrogen-bond donors (Lipinski definition) is 3. The van der Waals surface area contributed by atoms with Crippen molar-refractivity contribution in [2.24, 2.45) is 11.1 Å². The number of nitrogens with two attached hydrogens (primary N) is 1. The van der Waals surface area contributed by atoms with Crippen molar-refractivity contribution in [3.8, 4) is 0 Å². The third kappa shape index (κ3) is 1.59. The maximum absolute atomic E-state index is 12.1. The van der Waals surface area contributed by atoms with Gasteiger partial charge in [-0.05, 0) is 32.6 Å². The molecule has 2 aliphatic rings. The number of carbonyl (C=O) groups excluding carboxylic acids is 1. The van der Waals surface area contributed by atoms with Gasteiger partial charge < -0.3 is 16.2 Å². The van der Waals surface area contributed by atoms with Crippen LogP contribution in [-0.4, -0.2) is 28.6 Å². The van der Waals surface area contributed by atoms with Crippen LogP contribution in [0.2, 0.25) is 0 Å². The molecule has 2 atom stereocenters. The number of nitrogens with one attached hydrogen (secondary N) is 1. The van der Waals surface area contributed by atoms with Crippen LogP contribution in [0.4, 0.5) is 0 Å². The molecule has 0 aromatic carbocycles. The van der Waals surface area contributed by atoms with E-state index in [0.717, 1.165) is 19.3 Å². The van der Waals surface area contributed by atoms with E-state index in [1.165, 1.54) is 0 Å². The maximum atomic E-state index is 12.1. The van der Waals surface area contributed by atoms with Gasteiger partial charge in [0.1, 0.15) is 5.54 Å². The lowest BCUT2D eigenvalue weighted by molar-refractivity contribution is -0.145. The van der Waals surface area contributed by atoms with Gasteiger partial charge >= 0.3 is 5.97 Å². The minimum Gasteiger partial charge on any atom is -0.480 e. The van der Waals surface area contributed by atoms with Crippen molar-refractivity contribution in [1.29, 1.82) is 0 Å². The van der Waals surface area contributed by atoms with Gasteiger partial charge in [0, 0.05) is 6.04 Å². The van der Waals surface area contributed by atoms with Crippen molar-refractivity contribution in [3.63, 3.8) is 0 Å². The number of hydrogen-bond acceptors (Lipinski definition) is 3. The van der Waals surface area contributed by atoms with E-state index >= 15 is 0 Å². The number of carbonyl (C=O) groups is 2. The first-order valence-corrected chi connectivity index (χ1v) is 5.72. The monoisotopic (exact) mass is 226 g/mol. The second-order valence-electron chi connectivity index (χ2n) is 5.26. The average molecular weight is 226 g/mol. The van der Waals surface area contributed by atoms with Gasteiger partial charge in [0.25, 0.3) is 0 Å². The standard InChI is InChI=1S/C11H18N2O3/c1-10(4-2-3-7(10)12)8(14)13-11(5-6-11)9(15)16/h7H,2-6,12H2,1H3,(H,13,14)(H,15,16). The van der Waals surface area contributed by atoms with E-state index in [1.54, 1.807) is 0 Å². The van der Waals surface area contributed by atoms with Crippen molar-refractivity contribution >= 4 is 11.9 Å². The largest absolute Gasteiger partial charge is 0.480 e. The van der Waals surface area contributed by atoms with Crippen molar-refractivity contribution in [2.45, 2.75) is 50.6 Å². The van der Waals surface area contributed by atoms with Crippen LogP contribution in [0.3, 0.4) is 0 Å². The lowest BCUT2D eigenvalue weighted by Crippen LogP contribution is -2.53. The van der Waals surface area contributed by atoms with Crippen LogP contribution in [0, 0.1) is 5.41 Å². The molecule has 90 valence electrons. The maximum Gasteiger partial charge on any atom is 0.329 e. The van der Waals surface area contributed by atoms with Crippen LogP contribution in [-0.2, 0) is 9.59 Å². The van der Waals surface area contributed by atoms with Gasteiger partial charge in [-0.15, -0.1) is 0 Å². The Balaban J connectivity index is 2.06. The molecule has 0 aromatic heterocycles. The second kappa shape index (κ2) is 3.45. The Morgan fingerprint density at radius 2 is 2.00 bits per heavy atom. The Labute approximate surface area is 94.4 Å². The summed E-state index contributed by atoms with van der Waals surface area (Å²) in [6.07, 6.45) is 3.57. The van der Waals surface area contributed by atoms with E-state index < -0.39 is 16.9 Å². The average Bonchev–Trinajstić information content (AvgIpc) is 2.91. The zero-order valence-electron chi connectivity index (χ0n) is 9.45. The summed E-state index contributed by atoms with van der Waals surface area (Å²) in [7, 11) is 0. The summed E-state index contributed by atoms with van der Waals surface area (Å²) in [6, 6.07) is -0.155. The van der Waals surface area contributed by atoms with Crippen LogP contribution in [0.5, 0.6) is 0 Å². The van der Waals surface area contributed by atoms with Crippen LogP contribution in [0.15, 0.2) is 0 Å². The first kappa shape index (κ1) is 11.4. The molecule has 2 unspecified atom stereocenters. The highest BCUT2D eigenvalue weighted by molar-refractivity contribution is 5.92. The molecule has 16 heavy (non-hydrogen) atoms.